The molecule has 0 spiro atoms. The van der Waals surface area contributed by atoms with Crippen molar-refractivity contribution in [2.75, 3.05) is 18.8 Å². The fourth-order valence-electron chi connectivity index (χ4n) is 1.71. The summed E-state index contributed by atoms with van der Waals surface area (Å²) in [6.45, 7) is 5.22. The van der Waals surface area contributed by atoms with Crippen LogP contribution in [0.2, 0.25) is 0 Å². The maximum absolute atomic E-state index is 11.7. The topological polar surface area (TPSA) is 76.0 Å². The summed E-state index contributed by atoms with van der Waals surface area (Å²) in [6, 6.07) is 2.28. The predicted octanol–water partition coefficient (Wildman–Crippen LogP) is 0.270. The summed E-state index contributed by atoms with van der Waals surface area (Å²) in [5.41, 5.74) is 1.02. The lowest BCUT2D eigenvalue weighted by Crippen LogP contribution is -2.31. The summed E-state index contributed by atoms with van der Waals surface area (Å²) in [7, 11) is -1.32. The summed E-state index contributed by atoms with van der Waals surface area (Å²) in [4.78, 5) is 0. The Morgan fingerprint density at radius 3 is 2.68 bits per heavy atom. The van der Waals surface area contributed by atoms with Crippen molar-refractivity contribution in [3.05, 3.63) is 18.0 Å². The Kier molecular flexibility index (Phi) is 6.47. The molecule has 0 radical (unpaired) electrons. The van der Waals surface area contributed by atoms with Gasteiger partial charge in [-0.3, -0.25) is 4.68 Å². The van der Waals surface area contributed by atoms with Crippen LogP contribution in [0.1, 0.15) is 26.0 Å². The van der Waals surface area contributed by atoms with Crippen LogP contribution < -0.4 is 10.0 Å². The van der Waals surface area contributed by atoms with E-state index in [4.69, 9.17) is 0 Å². The highest BCUT2D eigenvalue weighted by atomic mass is 32.2. The van der Waals surface area contributed by atoms with Crippen LogP contribution in [0.15, 0.2) is 12.3 Å². The molecule has 19 heavy (non-hydrogen) atoms. The smallest absolute Gasteiger partial charge is 0.211 e. The summed E-state index contributed by atoms with van der Waals surface area (Å²) in [6.07, 6.45) is 2.99. The Balaban J connectivity index is 2.22. The average molecular weight is 288 g/mol. The molecule has 0 unspecified atom stereocenters. The van der Waals surface area contributed by atoms with Crippen molar-refractivity contribution in [3.8, 4) is 0 Å². The van der Waals surface area contributed by atoms with Gasteiger partial charge < -0.3 is 5.32 Å². The van der Waals surface area contributed by atoms with E-state index in [2.05, 4.69) is 15.1 Å². The van der Waals surface area contributed by atoms with Crippen molar-refractivity contribution in [1.29, 1.82) is 0 Å². The van der Waals surface area contributed by atoms with Gasteiger partial charge >= 0.3 is 0 Å². The Labute approximate surface area is 115 Å². The molecule has 1 aromatic heterocycles. The van der Waals surface area contributed by atoms with Gasteiger partial charge in [0.15, 0.2) is 0 Å². The van der Waals surface area contributed by atoms with Crippen molar-refractivity contribution >= 4 is 10.0 Å². The van der Waals surface area contributed by atoms with Crippen LogP contribution in [0.4, 0.5) is 0 Å². The lowest BCUT2D eigenvalue weighted by atomic mass is 10.3. The van der Waals surface area contributed by atoms with Crippen molar-refractivity contribution in [2.24, 2.45) is 7.05 Å². The van der Waals surface area contributed by atoms with E-state index in [1.807, 2.05) is 27.0 Å². The van der Waals surface area contributed by atoms with Crippen LogP contribution in [0.3, 0.4) is 0 Å². The van der Waals surface area contributed by atoms with Gasteiger partial charge in [-0.15, -0.1) is 0 Å². The molecule has 0 saturated heterocycles. The zero-order valence-corrected chi connectivity index (χ0v) is 12.7. The number of hydrogen-bond donors (Lipinski definition) is 2. The number of hydrogen-bond acceptors (Lipinski definition) is 4. The van der Waals surface area contributed by atoms with Gasteiger partial charge in [-0.05, 0) is 19.0 Å². The maximum Gasteiger partial charge on any atom is 0.211 e. The first-order valence-corrected chi connectivity index (χ1v) is 8.23. The van der Waals surface area contributed by atoms with Crippen LogP contribution in [0.5, 0.6) is 0 Å². The molecule has 0 aromatic carbocycles. The highest BCUT2D eigenvalue weighted by molar-refractivity contribution is 7.89. The minimum atomic E-state index is -3.17. The predicted molar refractivity (Wildman–Crippen MR) is 76.5 cm³/mol. The zero-order valence-electron chi connectivity index (χ0n) is 11.9. The largest absolute Gasteiger partial charge is 0.314 e. The summed E-state index contributed by atoms with van der Waals surface area (Å²) in [5.74, 6) is 0.165. The number of nitrogens with zero attached hydrogens (tertiary/aromatic N) is 2. The molecule has 1 rings (SSSR count). The molecule has 110 valence electrons. The maximum atomic E-state index is 11.7. The normalized spacial score (nSPS) is 12.2. The second-order valence-electron chi connectivity index (χ2n) is 4.87. The van der Waals surface area contributed by atoms with E-state index in [1.54, 1.807) is 10.9 Å². The third-order valence-electron chi connectivity index (χ3n) is 2.77. The first kappa shape index (κ1) is 16.1. The molecule has 0 atom stereocenters. The minimum absolute atomic E-state index is 0.165. The van der Waals surface area contributed by atoms with E-state index in [1.165, 1.54) is 0 Å². The fraction of sp³-hybridized carbons (Fsp3) is 0.750. The molecule has 1 heterocycles. The fourth-order valence-corrected chi connectivity index (χ4v) is 2.79. The summed E-state index contributed by atoms with van der Waals surface area (Å²) < 4.78 is 27.8. The highest BCUT2D eigenvalue weighted by Crippen LogP contribution is 1.97. The number of sulfonamides is 1. The van der Waals surface area contributed by atoms with Crippen molar-refractivity contribution < 1.29 is 8.42 Å². The number of aromatic nitrogens is 2. The van der Waals surface area contributed by atoms with Crippen LogP contribution >= 0.6 is 0 Å². The van der Waals surface area contributed by atoms with Gasteiger partial charge in [0.2, 0.25) is 10.0 Å². The molecular formula is C12H24N4O2S. The number of rotatable bonds is 9. The zero-order chi connectivity index (χ0) is 14.3. The van der Waals surface area contributed by atoms with E-state index in [9.17, 15) is 8.42 Å². The molecule has 0 amide bonds. The first-order valence-electron chi connectivity index (χ1n) is 6.58. The van der Waals surface area contributed by atoms with Crippen molar-refractivity contribution in [2.45, 2.75) is 32.7 Å². The lowest BCUT2D eigenvalue weighted by Gasteiger charge is -2.09. The van der Waals surface area contributed by atoms with Crippen molar-refractivity contribution in [1.82, 2.24) is 19.8 Å². The monoisotopic (exact) mass is 288 g/mol. The number of aryl methyl sites for hydroxylation is 1. The standard InChI is InChI=1S/C12H24N4O2S/c1-11(2)13-7-4-10-19(17,18)15-9-6-12-5-8-14-16(12)3/h5,8,11,13,15H,4,6-7,9-10H2,1-3H3. The Hall–Kier alpha value is -0.920. The van der Waals surface area contributed by atoms with E-state index >= 15 is 0 Å². The van der Waals surface area contributed by atoms with Crippen LogP contribution in [0.25, 0.3) is 0 Å². The second kappa shape index (κ2) is 7.62. The van der Waals surface area contributed by atoms with Gasteiger partial charge in [0.1, 0.15) is 0 Å². The third-order valence-corrected chi connectivity index (χ3v) is 4.24. The van der Waals surface area contributed by atoms with E-state index < -0.39 is 10.0 Å². The summed E-state index contributed by atoms with van der Waals surface area (Å²) >= 11 is 0. The van der Waals surface area contributed by atoms with E-state index in [-0.39, 0.29) is 5.75 Å². The lowest BCUT2D eigenvalue weighted by molar-refractivity contribution is 0.560. The molecule has 1 aromatic rings. The SMILES string of the molecule is CC(C)NCCCS(=O)(=O)NCCc1ccnn1C. The highest BCUT2D eigenvalue weighted by Gasteiger charge is 2.09. The molecule has 0 bridgehead atoms. The molecule has 0 aliphatic heterocycles. The second-order valence-corrected chi connectivity index (χ2v) is 6.80. The van der Waals surface area contributed by atoms with Gasteiger partial charge in [-0.1, -0.05) is 13.8 Å². The van der Waals surface area contributed by atoms with Crippen LogP contribution in [0, 0.1) is 0 Å². The van der Waals surface area contributed by atoms with Gasteiger partial charge in [0, 0.05) is 37.9 Å². The van der Waals surface area contributed by atoms with Gasteiger partial charge in [-0.25, -0.2) is 13.1 Å². The molecule has 6 nitrogen and oxygen atoms in total. The molecule has 0 aliphatic rings. The Bertz CT molecular complexity index is 468. The van der Waals surface area contributed by atoms with E-state index in [0.717, 1.165) is 12.2 Å². The van der Waals surface area contributed by atoms with Crippen LogP contribution in [-0.2, 0) is 23.5 Å². The van der Waals surface area contributed by atoms with Crippen molar-refractivity contribution in [3.63, 3.8) is 0 Å². The van der Waals surface area contributed by atoms with Gasteiger partial charge in [0.25, 0.3) is 0 Å². The van der Waals surface area contributed by atoms with Gasteiger partial charge in [0.05, 0.1) is 5.75 Å². The minimum Gasteiger partial charge on any atom is -0.314 e. The molecule has 2 N–H and O–H groups in total. The summed E-state index contributed by atoms with van der Waals surface area (Å²) in [5, 5.41) is 7.24. The molecule has 0 saturated carbocycles. The Morgan fingerprint density at radius 1 is 1.37 bits per heavy atom. The first-order chi connectivity index (χ1) is 8.91. The third kappa shape index (κ3) is 6.70. The average Bonchev–Trinajstić information content (AvgIpc) is 2.70. The van der Waals surface area contributed by atoms with Gasteiger partial charge in [-0.2, -0.15) is 5.10 Å². The quantitative estimate of drug-likeness (QED) is 0.640. The molecule has 0 fully saturated rings. The van der Waals surface area contributed by atoms with Crippen LogP contribution in [-0.4, -0.2) is 43.1 Å². The Morgan fingerprint density at radius 2 is 2.11 bits per heavy atom. The number of nitrogens with one attached hydrogen (secondary N) is 2. The van der Waals surface area contributed by atoms with E-state index in [0.29, 0.717) is 25.4 Å². The molecular weight excluding hydrogens is 264 g/mol. The molecule has 7 heteroatoms. The molecule has 0 aliphatic carbocycles.